The van der Waals surface area contributed by atoms with Gasteiger partial charge in [0.15, 0.2) is 11.2 Å². The third kappa shape index (κ3) is 7.07. The van der Waals surface area contributed by atoms with Gasteiger partial charge in [-0.2, -0.15) is 0 Å². The smallest absolute Gasteiger partial charge is 0.330 e. The third-order valence-electron chi connectivity index (χ3n) is 5.65. The molecule has 0 aliphatic rings. The highest BCUT2D eigenvalue weighted by atomic mass is 16.2. The van der Waals surface area contributed by atoms with Crippen LogP contribution in [0, 0.1) is 11.8 Å². The van der Waals surface area contributed by atoms with Gasteiger partial charge in [0, 0.05) is 32.0 Å². The number of aryl methyl sites for hydroxylation is 2. The van der Waals surface area contributed by atoms with E-state index in [-0.39, 0.29) is 17.9 Å². The Balaban J connectivity index is 2.23. The summed E-state index contributed by atoms with van der Waals surface area (Å²) in [4.78, 5) is 44.7. The molecule has 0 bridgehead atoms. The molecule has 1 amide bonds. The lowest BCUT2D eigenvalue weighted by molar-refractivity contribution is -0.121. The first kappa shape index (κ1) is 25.9. The van der Waals surface area contributed by atoms with Crippen molar-refractivity contribution in [3.05, 3.63) is 26.7 Å². The van der Waals surface area contributed by atoms with Crippen LogP contribution in [-0.2, 0) is 24.3 Å². The Morgan fingerprint density at radius 3 is 2.38 bits per heavy atom. The fraction of sp³-hybridized carbons (Fsp3) is 0.750. The SMILES string of the molecule is CCCCn1c(=O)[nH]c(=O)c2c1nc(CCC(=O)NC(C)CCCC(C)C)n2CC(C)C. The Morgan fingerprint density at radius 1 is 1.03 bits per heavy atom. The number of H-pyrrole nitrogens is 1. The summed E-state index contributed by atoms with van der Waals surface area (Å²) in [6.07, 6.45) is 5.71. The summed E-state index contributed by atoms with van der Waals surface area (Å²) in [7, 11) is 0. The molecule has 180 valence electrons. The van der Waals surface area contributed by atoms with Crippen molar-refractivity contribution < 1.29 is 4.79 Å². The average Bonchev–Trinajstić information content (AvgIpc) is 3.03. The van der Waals surface area contributed by atoms with Gasteiger partial charge in [0.25, 0.3) is 5.56 Å². The van der Waals surface area contributed by atoms with E-state index in [0.29, 0.717) is 48.8 Å². The van der Waals surface area contributed by atoms with Gasteiger partial charge >= 0.3 is 5.69 Å². The second-order valence-electron chi connectivity index (χ2n) is 9.76. The van der Waals surface area contributed by atoms with Crippen molar-refractivity contribution in [2.45, 2.75) is 106 Å². The van der Waals surface area contributed by atoms with Crippen LogP contribution >= 0.6 is 0 Å². The van der Waals surface area contributed by atoms with E-state index >= 15 is 0 Å². The lowest BCUT2D eigenvalue weighted by Crippen LogP contribution is -2.33. The zero-order valence-corrected chi connectivity index (χ0v) is 20.7. The van der Waals surface area contributed by atoms with E-state index in [4.69, 9.17) is 0 Å². The molecule has 0 fully saturated rings. The quantitative estimate of drug-likeness (QED) is 0.490. The van der Waals surface area contributed by atoms with Crippen LogP contribution in [0.4, 0.5) is 0 Å². The number of imidazole rings is 1. The van der Waals surface area contributed by atoms with E-state index in [1.165, 1.54) is 0 Å². The standard InChI is InChI=1S/C24H41N5O3/c1-7-8-14-28-22-21(23(31)27-24(28)32)29(15-17(4)5)19(26-22)12-13-20(30)25-18(6)11-9-10-16(2)3/h16-18H,7-15H2,1-6H3,(H,25,30)(H,27,31,32). The van der Waals surface area contributed by atoms with E-state index in [9.17, 15) is 14.4 Å². The summed E-state index contributed by atoms with van der Waals surface area (Å²) in [5.74, 6) is 1.63. The lowest BCUT2D eigenvalue weighted by atomic mass is 10.0. The van der Waals surface area contributed by atoms with Crippen molar-refractivity contribution in [3.63, 3.8) is 0 Å². The molecule has 2 N–H and O–H groups in total. The number of nitrogens with zero attached hydrogens (tertiary/aromatic N) is 3. The molecule has 0 saturated carbocycles. The van der Waals surface area contributed by atoms with E-state index < -0.39 is 11.2 Å². The molecule has 8 nitrogen and oxygen atoms in total. The molecule has 0 saturated heterocycles. The molecule has 0 radical (unpaired) electrons. The van der Waals surface area contributed by atoms with Crippen LogP contribution in [0.1, 0.15) is 85.9 Å². The largest absolute Gasteiger partial charge is 0.354 e. The van der Waals surface area contributed by atoms with Crippen LogP contribution in [0.3, 0.4) is 0 Å². The predicted octanol–water partition coefficient (Wildman–Crippen LogP) is 3.61. The molecule has 0 aliphatic carbocycles. The molecule has 0 aliphatic heterocycles. The molecular formula is C24H41N5O3. The second-order valence-corrected chi connectivity index (χ2v) is 9.76. The Bertz CT molecular complexity index is 999. The van der Waals surface area contributed by atoms with Crippen LogP contribution in [0.25, 0.3) is 11.2 Å². The summed E-state index contributed by atoms with van der Waals surface area (Å²) in [6, 6.07) is 0.137. The lowest BCUT2D eigenvalue weighted by Gasteiger charge is -2.15. The molecule has 2 aromatic rings. The number of amides is 1. The molecule has 2 heterocycles. The number of hydrogen-bond donors (Lipinski definition) is 2. The van der Waals surface area contributed by atoms with Gasteiger partial charge in [0.2, 0.25) is 5.91 Å². The Hall–Kier alpha value is -2.38. The van der Waals surface area contributed by atoms with Crippen molar-refractivity contribution in [2.24, 2.45) is 11.8 Å². The van der Waals surface area contributed by atoms with Crippen LogP contribution in [0.2, 0.25) is 0 Å². The molecular weight excluding hydrogens is 406 g/mol. The zero-order chi connectivity index (χ0) is 23.8. The molecule has 1 unspecified atom stereocenters. The number of hydrogen-bond acceptors (Lipinski definition) is 4. The molecule has 0 aromatic carbocycles. The topological polar surface area (TPSA) is 102 Å². The minimum absolute atomic E-state index is 0.0116. The van der Waals surface area contributed by atoms with Gasteiger partial charge in [-0.1, -0.05) is 53.9 Å². The summed E-state index contributed by atoms with van der Waals surface area (Å²) in [6.45, 7) is 13.8. The number of carbonyl (C=O) groups is 1. The minimum Gasteiger partial charge on any atom is -0.354 e. The first-order valence-electron chi connectivity index (χ1n) is 12.2. The van der Waals surface area contributed by atoms with E-state index in [0.717, 1.165) is 32.1 Å². The summed E-state index contributed by atoms with van der Waals surface area (Å²) in [5.41, 5.74) is 0.00205. The maximum atomic E-state index is 12.7. The first-order valence-corrected chi connectivity index (χ1v) is 12.2. The number of aromatic nitrogens is 4. The highest BCUT2D eigenvalue weighted by Crippen LogP contribution is 2.16. The Morgan fingerprint density at radius 2 is 1.75 bits per heavy atom. The van der Waals surface area contributed by atoms with Crippen LogP contribution in [0.15, 0.2) is 9.59 Å². The molecule has 32 heavy (non-hydrogen) atoms. The Labute approximate surface area is 190 Å². The Kier molecular flexibility index (Phi) is 9.72. The van der Waals surface area contributed by atoms with Crippen molar-refractivity contribution >= 4 is 17.1 Å². The second kappa shape index (κ2) is 12.0. The van der Waals surface area contributed by atoms with Crippen LogP contribution in [-0.4, -0.2) is 31.1 Å². The highest BCUT2D eigenvalue weighted by Gasteiger charge is 2.20. The summed E-state index contributed by atoms with van der Waals surface area (Å²) in [5, 5.41) is 3.08. The van der Waals surface area contributed by atoms with Crippen molar-refractivity contribution in [1.82, 2.24) is 24.4 Å². The molecule has 8 heteroatoms. The molecule has 2 rings (SSSR count). The number of carbonyl (C=O) groups excluding carboxylic acids is 1. The van der Waals surface area contributed by atoms with Crippen LogP contribution in [0.5, 0.6) is 0 Å². The monoisotopic (exact) mass is 447 g/mol. The van der Waals surface area contributed by atoms with Gasteiger partial charge < -0.3 is 9.88 Å². The summed E-state index contributed by atoms with van der Waals surface area (Å²) >= 11 is 0. The summed E-state index contributed by atoms with van der Waals surface area (Å²) < 4.78 is 3.44. The van der Waals surface area contributed by atoms with E-state index in [1.807, 2.05) is 11.5 Å². The number of rotatable bonds is 13. The maximum absolute atomic E-state index is 12.7. The predicted molar refractivity (Wildman–Crippen MR) is 129 cm³/mol. The fourth-order valence-corrected chi connectivity index (χ4v) is 3.97. The third-order valence-corrected chi connectivity index (χ3v) is 5.65. The minimum atomic E-state index is -0.426. The molecule has 2 aromatic heterocycles. The average molecular weight is 448 g/mol. The van der Waals surface area contributed by atoms with Gasteiger partial charge in [0.05, 0.1) is 0 Å². The van der Waals surface area contributed by atoms with Gasteiger partial charge in [-0.15, -0.1) is 0 Å². The number of fused-ring (bicyclic) bond motifs is 1. The number of nitrogens with one attached hydrogen (secondary N) is 2. The van der Waals surface area contributed by atoms with Gasteiger partial charge in [0.1, 0.15) is 5.82 Å². The first-order chi connectivity index (χ1) is 15.1. The van der Waals surface area contributed by atoms with E-state index in [2.05, 4.69) is 49.9 Å². The van der Waals surface area contributed by atoms with Gasteiger partial charge in [-0.25, -0.2) is 9.78 Å². The fourth-order valence-electron chi connectivity index (χ4n) is 3.97. The maximum Gasteiger partial charge on any atom is 0.330 e. The van der Waals surface area contributed by atoms with Crippen LogP contribution < -0.4 is 16.6 Å². The van der Waals surface area contributed by atoms with Crippen molar-refractivity contribution in [2.75, 3.05) is 0 Å². The molecule has 0 spiro atoms. The number of aromatic amines is 1. The zero-order valence-electron chi connectivity index (χ0n) is 20.7. The van der Waals surface area contributed by atoms with Gasteiger partial charge in [-0.3, -0.25) is 19.1 Å². The van der Waals surface area contributed by atoms with Crippen molar-refractivity contribution in [3.8, 4) is 0 Å². The van der Waals surface area contributed by atoms with E-state index in [1.54, 1.807) is 4.57 Å². The molecule has 1 atom stereocenters. The number of unbranched alkanes of at least 4 members (excludes halogenated alkanes) is 1. The highest BCUT2D eigenvalue weighted by molar-refractivity contribution is 5.76. The normalized spacial score (nSPS) is 12.8. The van der Waals surface area contributed by atoms with Crippen molar-refractivity contribution in [1.29, 1.82) is 0 Å². The van der Waals surface area contributed by atoms with Gasteiger partial charge in [-0.05, 0) is 31.6 Å².